The number of rotatable bonds is 3. The monoisotopic (exact) mass is 148 g/mol. The summed E-state index contributed by atoms with van der Waals surface area (Å²) >= 11 is 0. The highest BCUT2D eigenvalue weighted by Crippen LogP contribution is 2.14. The van der Waals surface area contributed by atoms with Crippen molar-refractivity contribution in [1.29, 1.82) is 0 Å². The lowest BCUT2D eigenvalue weighted by Gasteiger charge is -2.07. The van der Waals surface area contributed by atoms with Crippen LogP contribution in [0.3, 0.4) is 0 Å². The van der Waals surface area contributed by atoms with E-state index in [9.17, 15) is 0 Å². The normalized spacial score (nSPS) is 12.5. The van der Waals surface area contributed by atoms with Crippen molar-refractivity contribution < 1.29 is 5.11 Å². The largest absolute Gasteiger partial charge is 0.395 e. The zero-order valence-corrected chi connectivity index (χ0v) is 6.40. The molecule has 11 heavy (non-hydrogen) atoms. The van der Waals surface area contributed by atoms with Gasteiger partial charge in [-0.3, -0.25) is 0 Å². The third-order valence-corrected chi connectivity index (χ3v) is 1.71. The Morgan fingerprint density at radius 3 is 2.45 bits per heavy atom. The van der Waals surface area contributed by atoms with Crippen molar-refractivity contribution in [3.63, 3.8) is 0 Å². The Hall–Kier alpha value is -1.08. The molecule has 0 spiro atoms. The van der Waals surface area contributed by atoms with Gasteiger partial charge in [-0.1, -0.05) is 36.4 Å². The zero-order valence-electron chi connectivity index (χ0n) is 6.40. The average molecular weight is 148 g/mol. The highest BCUT2D eigenvalue weighted by atomic mass is 16.3. The van der Waals surface area contributed by atoms with Crippen LogP contribution in [0.25, 0.3) is 0 Å². The molecule has 0 aromatic heterocycles. The fourth-order valence-corrected chi connectivity index (χ4v) is 1.02. The van der Waals surface area contributed by atoms with Crippen LogP contribution in [0.15, 0.2) is 43.0 Å². The Morgan fingerprint density at radius 2 is 2.00 bits per heavy atom. The van der Waals surface area contributed by atoms with E-state index in [4.69, 9.17) is 5.11 Å². The third kappa shape index (κ3) is 1.92. The van der Waals surface area contributed by atoms with E-state index in [0.29, 0.717) is 0 Å². The number of aliphatic hydroxyl groups excluding tert-OH is 1. The average Bonchev–Trinajstić information content (AvgIpc) is 2.09. The molecule has 0 aliphatic carbocycles. The minimum absolute atomic E-state index is 0.0798. The van der Waals surface area contributed by atoms with Crippen LogP contribution < -0.4 is 0 Å². The first-order valence-corrected chi connectivity index (χ1v) is 3.67. The second kappa shape index (κ2) is 3.94. The molecule has 1 aromatic carbocycles. The molecule has 0 saturated carbocycles. The lowest BCUT2D eigenvalue weighted by atomic mass is 10.0. The van der Waals surface area contributed by atoms with Gasteiger partial charge in [-0.2, -0.15) is 0 Å². The first kappa shape index (κ1) is 8.02. The van der Waals surface area contributed by atoms with E-state index in [2.05, 4.69) is 6.58 Å². The van der Waals surface area contributed by atoms with Crippen LogP contribution in [0.1, 0.15) is 11.5 Å². The Balaban J connectivity index is 2.82. The summed E-state index contributed by atoms with van der Waals surface area (Å²) in [5.41, 5.74) is 1.12. The summed E-state index contributed by atoms with van der Waals surface area (Å²) in [7, 11) is 0. The van der Waals surface area contributed by atoms with Crippen molar-refractivity contribution in [2.45, 2.75) is 5.92 Å². The van der Waals surface area contributed by atoms with Gasteiger partial charge in [0.1, 0.15) is 0 Å². The maximum absolute atomic E-state index is 8.91. The predicted molar refractivity (Wildman–Crippen MR) is 46.5 cm³/mol. The quantitative estimate of drug-likeness (QED) is 0.649. The molecule has 1 rings (SSSR count). The van der Waals surface area contributed by atoms with E-state index in [1.54, 1.807) is 6.08 Å². The summed E-state index contributed by atoms with van der Waals surface area (Å²) in [4.78, 5) is 0. The summed E-state index contributed by atoms with van der Waals surface area (Å²) in [5, 5.41) is 8.91. The van der Waals surface area contributed by atoms with Gasteiger partial charge >= 0.3 is 0 Å². The maximum atomic E-state index is 8.91. The van der Waals surface area contributed by atoms with Gasteiger partial charge in [0.05, 0.1) is 6.61 Å². The van der Waals surface area contributed by atoms with Crippen LogP contribution in [-0.2, 0) is 0 Å². The van der Waals surface area contributed by atoms with Gasteiger partial charge in [-0.05, 0) is 5.56 Å². The van der Waals surface area contributed by atoms with Crippen molar-refractivity contribution in [2.75, 3.05) is 6.61 Å². The van der Waals surface area contributed by atoms with Crippen molar-refractivity contribution >= 4 is 0 Å². The van der Waals surface area contributed by atoms with Gasteiger partial charge in [0, 0.05) is 5.92 Å². The predicted octanol–water partition coefficient (Wildman–Crippen LogP) is 1.95. The smallest absolute Gasteiger partial charge is 0.0534 e. The molecule has 0 heterocycles. The summed E-state index contributed by atoms with van der Waals surface area (Å²) in [6.07, 6.45) is 1.76. The molecular weight excluding hydrogens is 136 g/mol. The molecule has 0 aliphatic rings. The van der Waals surface area contributed by atoms with Crippen molar-refractivity contribution in [3.8, 4) is 0 Å². The van der Waals surface area contributed by atoms with Crippen LogP contribution in [0.4, 0.5) is 0 Å². The van der Waals surface area contributed by atoms with Crippen molar-refractivity contribution in [2.24, 2.45) is 0 Å². The summed E-state index contributed by atoms with van der Waals surface area (Å²) in [6, 6.07) is 9.86. The van der Waals surface area contributed by atoms with E-state index in [-0.39, 0.29) is 12.5 Å². The zero-order chi connectivity index (χ0) is 8.10. The molecule has 0 saturated heterocycles. The van der Waals surface area contributed by atoms with E-state index in [1.165, 1.54) is 0 Å². The molecule has 1 unspecified atom stereocenters. The number of hydrogen-bond donors (Lipinski definition) is 1. The minimum atomic E-state index is 0.0798. The Bertz CT molecular complexity index is 216. The van der Waals surface area contributed by atoms with Gasteiger partial charge in [0.2, 0.25) is 0 Å². The standard InChI is InChI=1S/C10H12O/c1-2-9(8-11)10-6-4-3-5-7-10/h2-7,9,11H,1,8H2. The van der Waals surface area contributed by atoms with Gasteiger partial charge in [0.25, 0.3) is 0 Å². The number of hydrogen-bond acceptors (Lipinski definition) is 1. The molecule has 0 amide bonds. The van der Waals surface area contributed by atoms with Crippen molar-refractivity contribution in [1.82, 2.24) is 0 Å². The molecule has 1 atom stereocenters. The Kier molecular flexibility index (Phi) is 2.87. The van der Waals surface area contributed by atoms with Gasteiger partial charge in [-0.25, -0.2) is 0 Å². The lowest BCUT2D eigenvalue weighted by molar-refractivity contribution is 0.283. The molecule has 0 radical (unpaired) electrons. The maximum Gasteiger partial charge on any atom is 0.0534 e. The van der Waals surface area contributed by atoms with Crippen LogP contribution in [0.2, 0.25) is 0 Å². The lowest BCUT2D eigenvalue weighted by Crippen LogP contribution is -1.99. The van der Waals surface area contributed by atoms with E-state index >= 15 is 0 Å². The fraction of sp³-hybridized carbons (Fsp3) is 0.200. The van der Waals surface area contributed by atoms with E-state index < -0.39 is 0 Å². The molecule has 1 heteroatoms. The Morgan fingerprint density at radius 1 is 1.36 bits per heavy atom. The van der Waals surface area contributed by atoms with E-state index in [1.807, 2.05) is 30.3 Å². The second-order valence-electron chi connectivity index (χ2n) is 2.44. The summed E-state index contributed by atoms with van der Waals surface area (Å²) in [5.74, 6) is 0.0798. The molecule has 1 aromatic rings. The molecule has 0 bridgehead atoms. The number of aliphatic hydroxyl groups is 1. The van der Waals surface area contributed by atoms with Gasteiger partial charge in [0.15, 0.2) is 0 Å². The molecule has 1 N–H and O–H groups in total. The molecule has 0 fully saturated rings. The molecule has 58 valence electrons. The van der Waals surface area contributed by atoms with Crippen LogP contribution >= 0.6 is 0 Å². The first-order valence-electron chi connectivity index (χ1n) is 3.67. The molecule has 0 aliphatic heterocycles. The number of benzene rings is 1. The van der Waals surface area contributed by atoms with Crippen LogP contribution in [0, 0.1) is 0 Å². The topological polar surface area (TPSA) is 20.2 Å². The van der Waals surface area contributed by atoms with E-state index in [0.717, 1.165) is 5.56 Å². The van der Waals surface area contributed by atoms with Gasteiger partial charge in [-0.15, -0.1) is 6.58 Å². The minimum Gasteiger partial charge on any atom is -0.395 e. The Labute approximate surface area is 67.0 Å². The SMILES string of the molecule is C=CC(CO)c1ccccc1. The summed E-state index contributed by atoms with van der Waals surface area (Å²) < 4.78 is 0. The molecule has 1 nitrogen and oxygen atoms in total. The highest BCUT2D eigenvalue weighted by molar-refractivity contribution is 5.22. The second-order valence-corrected chi connectivity index (χ2v) is 2.44. The van der Waals surface area contributed by atoms with Crippen molar-refractivity contribution in [3.05, 3.63) is 48.6 Å². The first-order chi connectivity index (χ1) is 5.38. The third-order valence-electron chi connectivity index (χ3n) is 1.71. The highest BCUT2D eigenvalue weighted by Gasteiger charge is 2.02. The van der Waals surface area contributed by atoms with Gasteiger partial charge < -0.3 is 5.11 Å². The molecular formula is C10H12O. The fourth-order valence-electron chi connectivity index (χ4n) is 1.02. The van der Waals surface area contributed by atoms with Crippen LogP contribution in [-0.4, -0.2) is 11.7 Å². The summed E-state index contributed by atoms with van der Waals surface area (Å²) in [6.45, 7) is 3.78. The van der Waals surface area contributed by atoms with Crippen LogP contribution in [0.5, 0.6) is 0 Å².